The van der Waals surface area contributed by atoms with Crippen molar-refractivity contribution in [3.05, 3.63) is 0 Å². The van der Waals surface area contributed by atoms with E-state index in [1.54, 1.807) is 5.67 Å². The molecule has 0 radical (unpaired) electrons. The highest BCUT2D eigenvalue weighted by molar-refractivity contribution is 6.54. The average Bonchev–Trinajstić information content (AvgIpc) is 2.67. The zero-order valence-corrected chi connectivity index (χ0v) is 12.8. The first kappa shape index (κ1) is 15.8. The van der Waals surface area contributed by atoms with Crippen molar-refractivity contribution in [2.75, 3.05) is 19.6 Å². The van der Waals surface area contributed by atoms with Crippen LogP contribution in [0.2, 0.25) is 0 Å². The Hall–Kier alpha value is -0.240. The standard InChI is InChI=1S/C15H30ClN2/c1-2-3-4-5-6-11-14-18(15-16)17-12-9-7-8-10-13-17/h15H,2-14H2,1H3/q+1/b18-15-. The van der Waals surface area contributed by atoms with Crippen molar-refractivity contribution in [2.45, 2.75) is 71.1 Å². The molecule has 0 N–H and O–H groups in total. The van der Waals surface area contributed by atoms with Gasteiger partial charge in [0.05, 0.1) is 13.1 Å². The van der Waals surface area contributed by atoms with Gasteiger partial charge in [-0.15, -0.1) is 4.68 Å². The summed E-state index contributed by atoms with van der Waals surface area (Å²) in [4.78, 5) is 0. The van der Waals surface area contributed by atoms with Crippen molar-refractivity contribution in [3.63, 3.8) is 0 Å². The van der Waals surface area contributed by atoms with Crippen LogP contribution in [0.5, 0.6) is 0 Å². The largest absolute Gasteiger partial charge is 0.261 e. The second kappa shape index (κ2) is 10.7. The van der Waals surface area contributed by atoms with Crippen molar-refractivity contribution in [2.24, 2.45) is 0 Å². The van der Waals surface area contributed by atoms with Crippen molar-refractivity contribution >= 4 is 17.3 Å². The maximum Gasteiger partial charge on any atom is 0.261 e. The zero-order valence-electron chi connectivity index (χ0n) is 12.0. The van der Waals surface area contributed by atoms with E-state index in [1.807, 2.05) is 0 Å². The van der Waals surface area contributed by atoms with E-state index in [0.717, 1.165) is 6.54 Å². The number of rotatable bonds is 8. The van der Waals surface area contributed by atoms with E-state index < -0.39 is 0 Å². The SMILES string of the molecule is CCCCCCCC/[N+](=C/Cl)N1CCCCCC1. The fourth-order valence-electron chi connectivity index (χ4n) is 2.62. The van der Waals surface area contributed by atoms with Crippen LogP contribution in [-0.4, -0.2) is 35.0 Å². The van der Waals surface area contributed by atoms with Gasteiger partial charge in [0.2, 0.25) is 0 Å². The molecule has 0 aliphatic carbocycles. The highest BCUT2D eigenvalue weighted by Crippen LogP contribution is 2.11. The minimum atomic E-state index is 1.09. The second-order valence-corrected chi connectivity index (χ2v) is 5.59. The highest BCUT2D eigenvalue weighted by Gasteiger charge is 2.17. The molecular formula is C15H30ClN2+. The lowest BCUT2D eigenvalue weighted by Crippen LogP contribution is -2.36. The summed E-state index contributed by atoms with van der Waals surface area (Å²) in [6.07, 6.45) is 13.5. The quantitative estimate of drug-likeness (QED) is 0.361. The van der Waals surface area contributed by atoms with Gasteiger partial charge in [0, 0.05) is 6.42 Å². The molecule has 1 aliphatic rings. The molecule has 0 saturated carbocycles. The molecule has 0 amide bonds. The van der Waals surface area contributed by atoms with Crippen LogP contribution >= 0.6 is 11.6 Å². The van der Waals surface area contributed by atoms with Crippen LogP contribution in [0.4, 0.5) is 0 Å². The molecule has 0 aromatic carbocycles. The summed E-state index contributed by atoms with van der Waals surface area (Å²) in [5.41, 5.74) is 1.75. The number of nitrogens with zero attached hydrogens (tertiary/aromatic N) is 2. The predicted molar refractivity (Wildman–Crippen MR) is 80.5 cm³/mol. The highest BCUT2D eigenvalue weighted by atomic mass is 35.5. The van der Waals surface area contributed by atoms with E-state index in [1.165, 1.54) is 77.3 Å². The second-order valence-electron chi connectivity index (χ2n) is 5.40. The molecule has 1 saturated heterocycles. The topological polar surface area (TPSA) is 6.25 Å². The summed E-state index contributed by atoms with van der Waals surface area (Å²) in [6, 6.07) is 0. The molecule has 0 bridgehead atoms. The first-order valence-corrected chi connectivity index (χ1v) is 8.27. The lowest BCUT2D eigenvalue weighted by atomic mass is 10.1. The molecule has 0 spiro atoms. The van der Waals surface area contributed by atoms with Crippen LogP contribution < -0.4 is 0 Å². The predicted octanol–water partition coefficient (Wildman–Crippen LogP) is 4.42. The van der Waals surface area contributed by atoms with Crippen molar-refractivity contribution in [1.29, 1.82) is 0 Å². The van der Waals surface area contributed by atoms with Gasteiger partial charge in [-0.3, -0.25) is 0 Å². The monoisotopic (exact) mass is 273 g/mol. The Labute approximate surface area is 118 Å². The summed E-state index contributed by atoms with van der Waals surface area (Å²) in [6.45, 7) is 5.72. The van der Waals surface area contributed by atoms with Crippen molar-refractivity contribution in [1.82, 2.24) is 5.01 Å². The minimum absolute atomic E-state index is 1.09. The number of halogens is 1. The summed E-state index contributed by atoms with van der Waals surface area (Å²) < 4.78 is 2.24. The smallest absolute Gasteiger partial charge is 0.185 e. The molecule has 1 fully saturated rings. The Morgan fingerprint density at radius 1 is 0.944 bits per heavy atom. The third-order valence-corrected chi connectivity index (χ3v) is 4.02. The van der Waals surface area contributed by atoms with E-state index in [-0.39, 0.29) is 0 Å². The Morgan fingerprint density at radius 3 is 2.17 bits per heavy atom. The Balaban J connectivity index is 2.16. The van der Waals surface area contributed by atoms with Gasteiger partial charge >= 0.3 is 0 Å². The van der Waals surface area contributed by atoms with Gasteiger partial charge < -0.3 is 0 Å². The molecule has 3 heteroatoms. The van der Waals surface area contributed by atoms with Gasteiger partial charge in [-0.05, 0) is 30.9 Å². The zero-order chi connectivity index (χ0) is 13.1. The summed E-state index contributed by atoms with van der Waals surface area (Å²) in [7, 11) is 0. The van der Waals surface area contributed by atoms with Crippen LogP contribution in [0.1, 0.15) is 71.1 Å². The number of hydrogen-bond donors (Lipinski definition) is 0. The van der Waals surface area contributed by atoms with Crippen LogP contribution in [0.25, 0.3) is 0 Å². The van der Waals surface area contributed by atoms with Crippen LogP contribution in [0.15, 0.2) is 0 Å². The first-order valence-electron chi connectivity index (χ1n) is 7.83. The summed E-state index contributed by atoms with van der Waals surface area (Å²) >= 11 is 5.98. The third-order valence-electron chi connectivity index (χ3n) is 3.80. The normalized spacial score (nSPS) is 17.9. The Kier molecular flexibility index (Phi) is 9.37. The molecule has 106 valence electrons. The molecule has 18 heavy (non-hydrogen) atoms. The fourth-order valence-corrected chi connectivity index (χ4v) is 2.84. The van der Waals surface area contributed by atoms with E-state index in [4.69, 9.17) is 11.6 Å². The molecule has 0 aromatic heterocycles. The van der Waals surface area contributed by atoms with Gasteiger partial charge in [0.15, 0.2) is 6.54 Å². The van der Waals surface area contributed by atoms with E-state index in [9.17, 15) is 0 Å². The molecule has 1 rings (SSSR count). The van der Waals surface area contributed by atoms with Crippen LogP contribution in [-0.2, 0) is 0 Å². The summed E-state index contributed by atoms with van der Waals surface area (Å²) in [5.74, 6) is 0. The molecule has 2 nitrogen and oxygen atoms in total. The fraction of sp³-hybridized carbons (Fsp3) is 0.933. The number of hydrazine groups is 1. The number of unbranched alkanes of at least 4 members (excludes halogenated alkanes) is 5. The van der Waals surface area contributed by atoms with E-state index >= 15 is 0 Å². The van der Waals surface area contributed by atoms with Gasteiger partial charge in [-0.1, -0.05) is 45.4 Å². The molecular weight excluding hydrogens is 244 g/mol. The van der Waals surface area contributed by atoms with E-state index in [0.29, 0.717) is 0 Å². The average molecular weight is 274 g/mol. The maximum absolute atomic E-state index is 5.98. The number of hydrogen-bond acceptors (Lipinski definition) is 1. The van der Waals surface area contributed by atoms with Gasteiger partial charge in [-0.2, -0.15) is 5.01 Å². The Bertz CT molecular complexity index is 221. The van der Waals surface area contributed by atoms with Crippen molar-refractivity contribution in [3.8, 4) is 0 Å². The molecule has 1 aliphatic heterocycles. The first-order chi connectivity index (χ1) is 8.88. The van der Waals surface area contributed by atoms with Crippen LogP contribution in [0.3, 0.4) is 0 Å². The third kappa shape index (κ3) is 6.63. The van der Waals surface area contributed by atoms with Crippen molar-refractivity contribution < 1.29 is 4.68 Å². The molecule has 0 aromatic rings. The maximum atomic E-state index is 5.98. The lowest BCUT2D eigenvalue weighted by molar-refractivity contribution is -0.685. The van der Waals surface area contributed by atoms with Gasteiger partial charge in [-0.25, -0.2) is 0 Å². The van der Waals surface area contributed by atoms with Gasteiger partial charge in [0.1, 0.15) is 0 Å². The molecule has 0 unspecified atom stereocenters. The minimum Gasteiger partial charge on any atom is -0.185 e. The van der Waals surface area contributed by atoms with E-state index in [2.05, 4.69) is 16.6 Å². The molecule has 0 atom stereocenters. The van der Waals surface area contributed by atoms with Gasteiger partial charge in [0.25, 0.3) is 5.67 Å². The summed E-state index contributed by atoms with van der Waals surface area (Å²) in [5, 5.41) is 2.44. The molecule has 1 heterocycles. The number of hydrazone groups is 1. The Morgan fingerprint density at radius 2 is 1.56 bits per heavy atom. The lowest BCUT2D eigenvalue weighted by Gasteiger charge is -2.18. The van der Waals surface area contributed by atoms with Crippen LogP contribution in [0, 0.1) is 0 Å².